The summed E-state index contributed by atoms with van der Waals surface area (Å²) in [6.45, 7) is 4.05. The van der Waals surface area contributed by atoms with Gasteiger partial charge in [-0.05, 0) is 25.0 Å². The summed E-state index contributed by atoms with van der Waals surface area (Å²) in [5.74, 6) is -0.103. The molecule has 0 heterocycles. The first-order valence-corrected chi connectivity index (χ1v) is 7.46. The van der Waals surface area contributed by atoms with E-state index in [1.54, 1.807) is 6.07 Å². The fourth-order valence-corrected chi connectivity index (χ4v) is 2.32. The van der Waals surface area contributed by atoms with Gasteiger partial charge in [-0.2, -0.15) is 0 Å². The standard InChI is InChI=1S/C17H24O4/c1-4-6-7-12(5-2)15(18)11-17(20)14-9-8-13(21-3)10-16(14)19/h8-10,12,19H,4-7,11H2,1-3H3. The van der Waals surface area contributed by atoms with Crippen LogP contribution in [-0.4, -0.2) is 23.8 Å². The number of hydrogen-bond donors (Lipinski definition) is 1. The monoisotopic (exact) mass is 292 g/mol. The quantitative estimate of drug-likeness (QED) is 0.556. The molecule has 21 heavy (non-hydrogen) atoms. The molecular formula is C17H24O4. The average molecular weight is 292 g/mol. The Kier molecular flexibility index (Phi) is 6.92. The van der Waals surface area contributed by atoms with Crippen LogP contribution in [-0.2, 0) is 4.79 Å². The highest BCUT2D eigenvalue weighted by Gasteiger charge is 2.21. The smallest absolute Gasteiger partial charge is 0.173 e. The number of phenolic OH excluding ortho intramolecular Hbond substituents is 1. The van der Waals surface area contributed by atoms with Gasteiger partial charge in [0.1, 0.15) is 17.3 Å². The van der Waals surface area contributed by atoms with Crippen LogP contribution in [0.15, 0.2) is 18.2 Å². The van der Waals surface area contributed by atoms with Gasteiger partial charge in [-0.3, -0.25) is 9.59 Å². The maximum Gasteiger partial charge on any atom is 0.173 e. The Morgan fingerprint density at radius 3 is 2.52 bits per heavy atom. The van der Waals surface area contributed by atoms with Crippen LogP contribution in [0.1, 0.15) is 56.3 Å². The van der Waals surface area contributed by atoms with Crippen molar-refractivity contribution in [3.05, 3.63) is 23.8 Å². The number of unbranched alkanes of at least 4 members (excludes halogenated alkanes) is 1. The molecule has 1 N–H and O–H groups in total. The summed E-state index contributed by atoms with van der Waals surface area (Å²) in [4.78, 5) is 24.3. The molecule has 4 heteroatoms. The van der Waals surface area contributed by atoms with Crippen molar-refractivity contribution in [3.63, 3.8) is 0 Å². The van der Waals surface area contributed by atoms with Crippen molar-refractivity contribution in [2.75, 3.05) is 7.11 Å². The van der Waals surface area contributed by atoms with Crippen molar-refractivity contribution >= 4 is 11.6 Å². The van der Waals surface area contributed by atoms with Crippen LogP contribution in [0.2, 0.25) is 0 Å². The zero-order valence-corrected chi connectivity index (χ0v) is 13.0. The molecule has 0 amide bonds. The summed E-state index contributed by atoms with van der Waals surface area (Å²) < 4.78 is 4.97. The summed E-state index contributed by atoms with van der Waals surface area (Å²) in [6.07, 6.45) is 3.46. The van der Waals surface area contributed by atoms with Gasteiger partial charge in [0.2, 0.25) is 0 Å². The molecule has 116 valence electrons. The second-order valence-electron chi connectivity index (χ2n) is 5.20. The van der Waals surface area contributed by atoms with Crippen LogP contribution < -0.4 is 4.74 Å². The highest BCUT2D eigenvalue weighted by Crippen LogP contribution is 2.25. The fourth-order valence-electron chi connectivity index (χ4n) is 2.32. The molecule has 0 saturated carbocycles. The number of methoxy groups -OCH3 is 1. The van der Waals surface area contributed by atoms with Gasteiger partial charge in [0.25, 0.3) is 0 Å². The zero-order chi connectivity index (χ0) is 15.8. The van der Waals surface area contributed by atoms with Crippen LogP contribution >= 0.6 is 0 Å². The van der Waals surface area contributed by atoms with Gasteiger partial charge < -0.3 is 9.84 Å². The Morgan fingerprint density at radius 1 is 1.29 bits per heavy atom. The van der Waals surface area contributed by atoms with Crippen molar-refractivity contribution in [1.82, 2.24) is 0 Å². The minimum atomic E-state index is -0.338. The van der Waals surface area contributed by atoms with E-state index in [0.717, 1.165) is 25.7 Å². The summed E-state index contributed by atoms with van der Waals surface area (Å²) >= 11 is 0. The highest BCUT2D eigenvalue weighted by molar-refractivity contribution is 6.09. The Hall–Kier alpha value is -1.84. The number of Topliss-reactive ketones (excluding diaryl/α,β-unsaturated/α-hetero) is 2. The molecular weight excluding hydrogens is 268 g/mol. The van der Waals surface area contributed by atoms with Crippen LogP contribution in [0.3, 0.4) is 0 Å². The van der Waals surface area contributed by atoms with E-state index in [0.29, 0.717) is 5.75 Å². The molecule has 1 unspecified atom stereocenters. The number of carbonyl (C=O) groups is 2. The van der Waals surface area contributed by atoms with E-state index < -0.39 is 0 Å². The number of rotatable bonds is 9. The second kappa shape index (κ2) is 8.45. The molecule has 0 aromatic heterocycles. The Bertz CT molecular complexity index is 494. The molecule has 0 radical (unpaired) electrons. The first-order valence-electron chi connectivity index (χ1n) is 7.46. The zero-order valence-electron chi connectivity index (χ0n) is 13.0. The lowest BCUT2D eigenvalue weighted by Gasteiger charge is -2.13. The summed E-state index contributed by atoms with van der Waals surface area (Å²) in [5.41, 5.74) is 0.175. The summed E-state index contributed by atoms with van der Waals surface area (Å²) in [7, 11) is 1.49. The molecule has 1 atom stereocenters. The van der Waals surface area contributed by atoms with Gasteiger partial charge in [0.05, 0.1) is 19.1 Å². The predicted octanol–water partition coefficient (Wildman–Crippen LogP) is 3.76. The van der Waals surface area contributed by atoms with Crippen molar-refractivity contribution in [1.29, 1.82) is 0 Å². The van der Waals surface area contributed by atoms with Crippen LogP contribution in [0, 0.1) is 5.92 Å². The number of benzene rings is 1. The van der Waals surface area contributed by atoms with Crippen LogP contribution in [0.4, 0.5) is 0 Å². The number of phenols is 1. The van der Waals surface area contributed by atoms with Crippen molar-refractivity contribution in [2.24, 2.45) is 5.92 Å². The van der Waals surface area contributed by atoms with Gasteiger partial charge in [-0.25, -0.2) is 0 Å². The van der Waals surface area contributed by atoms with Gasteiger partial charge >= 0.3 is 0 Å². The molecule has 0 aliphatic carbocycles. The number of ether oxygens (including phenoxy) is 1. The molecule has 0 aliphatic rings. The fraction of sp³-hybridized carbons (Fsp3) is 0.529. The number of ketones is 2. The van der Waals surface area contributed by atoms with E-state index in [4.69, 9.17) is 4.74 Å². The molecule has 1 aromatic carbocycles. The Balaban J connectivity index is 2.73. The minimum Gasteiger partial charge on any atom is -0.507 e. The van der Waals surface area contributed by atoms with E-state index in [1.165, 1.54) is 19.2 Å². The third-order valence-electron chi connectivity index (χ3n) is 3.69. The molecule has 1 rings (SSSR count). The van der Waals surface area contributed by atoms with Crippen molar-refractivity contribution in [3.8, 4) is 11.5 Å². The van der Waals surface area contributed by atoms with Gasteiger partial charge in [-0.15, -0.1) is 0 Å². The van der Waals surface area contributed by atoms with E-state index in [9.17, 15) is 14.7 Å². The van der Waals surface area contributed by atoms with E-state index in [1.807, 2.05) is 6.92 Å². The number of hydrogen-bond acceptors (Lipinski definition) is 4. The highest BCUT2D eigenvalue weighted by atomic mass is 16.5. The van der Waals surface area contributed by atoms with Crippen molar-refractivity contribution in [2.45, 2.75) is 46.0 Å². The Morgan fingerprint density at radius 2 is 2.00 bits per heavy atom. The van der Waals surface area contributed by atoms with E-state index >= 15 is 0 Å². The molecule has 0 fully saturated rings. The van der Waals surface area contributed by atoms with Gasteiger partial charge in [0.15, 0.2) is 5.78 Å². The maximum atomic E-state index is 12.2. The number of carbonyl (C=O) groups excluding carboxylic acids is 2. The lowest BCUT2D eigenvalue weighted by Crippen LogP contribution is -2.18. The number of aromatic hydroxyl groups is 1. The molecule has 0 saturated heterocycles. The third-order valence-corrected chi connectivity index (χ3v) is 3.69. The van der Waals surface area contributed by atoms with Crippen LogP contribution in [0.25, 0.3) is 0 Å². The summed E-state index contributed by atoms with van der Waals surface area (Å²) in [5, 5.41) is 9.83. The molecule has 4 nitrogen and oxygen atoms in total. The molecule has 0 spiro atoms. The lowest BCUT2D eigenvalue weighted by atomic mass is 9.90. The maximum absolute atomic E-state index is 12.2. The lowest BCUT2D eigenvalue weighted by molar-refractivity contribution is -0.122. The largest absolute Gasteiger partial charge is 0.507 e. The van der Waals surface area contributed by atoms with Gasteiger partial charge in [0, 0.05) is 12.0 Å². The third kappa shape index (κ3) is 4.88. The van der Waals surface area contributed by atoms with Crippen molar-refractivity contribution < 1.29 is 19.4 Å². The molecule has 0 bridgehead atoms. The Labute approximate surface area is 126 Å². The summed E-state index contributed by atoms with van der Waals surface area (Å²) in [6, 6.07) is 4.48. The average Bonchev–Trinajstić information content (AvgIpc) is 2.47. The van der Waals surface area contributed by atoms with Crippen LogP contribution in [0.5, 0.6) is 11.5 Å². The minimum absolute atomic E-state index is 0.0360. The van der Waals surface area contributed by atoms with E-state index in [-0.39, 0.29) is 35.2 Å². The predicted molar refractivity (Wildman–Crippen MR) is 81.9 cm³/mol. The first kappa shape index (κ1) is 17.2. The normalized spacial score (nSPS) is 12.0. The second-order valence-corrected chi connectivity index (χ2v) is 5.20. The van der Waals surface area contributed by atoms with E-state index in [2.05, 4.69) is 6.92 Å². The van der Waals surface area contributed by atoms with Gasteiger partial charge in [-0.1, -0.05) is 26.7 Å². The topological polar surface area (TPSA) is 63.6 Å². The first-order chi connectivity index (χ1) is 10.0. The molecule has 1 aromatic rings. The SMILES string of the molecule is CCCCC(CC)C(=O)CC(=O)c1ccc(OC)cc1O. The molecule has 0 aliphatic heterocycles.